The Bertz CT molecular complexity index is 1050. The van der Waals surface area contributed by atoms with E-state index in [2.05, 4.69) is 10.4 Å². The largest absolute Gasteiger partial charge is 0.493 e. The number of hydrogen-bond acceptors (Lipinski definition) is 6. The molecule has 3 rings (SSSR count). The number of anilines is 1. The Kier molecular flexibility index (Phi) is 5.99. The van der Waals surface area contributed by atoms with E-state index in [1.807, 2.05) is 0 Å². The molecule has 0 aliphatic carbocycles. The number of carbonyl (C=O) groups excluding carboxylic acids is 1. The number of nitro benzene ring substituents is 1. The summed E-state index contributed by atoms with van der Waals surface area (Å²) in [5, 5.41) is 18.3. The van der Waals surface area contributed by atoms with E-state index in [-0.39, 0.29) is 17.1 Å². The number of nitrogens with zero attached hydrogens (tertiary/aromatic N) is 3. The van der Waals surface area contributed by atoms with Gasteiger partial charge < -0.3 is 14.8 Å². The van der Waals surface area contributed by atoms with Gasteiger partial charge in [-0.2, -0.15) is 5.10 Å². The van der Waals surface area contributed by atoms with Crippen LogP contribution in [0.4, 0.5) is 11.4 Å². The molecule has 3 aromatic rings. The van der Waals surface area contributed by atoms with Crippen LogP contribution in [-0.2, 0) is 4.79 Å². The van der Waals surface area contributed by atoms with Gasteiger partial charge >= 0.3 is 0 Å². The standard InChI is InChI=1S/C19H17ClN4O5/c1-12(23-11-13(20)10-21-23)19(25)22-14-7-15(24(26)27)9-16(8-14)29-18-6-4-3-5-17(18)28-2/h3-12H,1-2H3,(H,22,25). The SMILES string of the molecule is COc1ccccc1Oc1cc(NC(=O)C(C)n2cc(Cl)cn2)cc([N+](=O)[O-])c1. The van der Waals surface area contributed by atoms with Crippen LogP contribution in [0.3, 0.4) is 0 Å². The highest BCUT2D eigenvalue weighted by Crippen LogP contribution is 2.34. The van der Waals surface area contributed by atoms with Crippen LogP contribution < -0.4 is 14.8 Å². The molecule has 0 fully saturated rings. The predicted octanol–water partition coefficient (Wildman–Crippen LogP) is 4.45. The minimum Gasteiger partial charge on any atom is -0.493 e. The zero-order valence-electron chi connectivity index (χ0n) is 15.5. The number of non-ortho nitro benzene ring substituents is 1. The number of rotatable bonds is 7. The van der Waals surface area contributed by atoms with Crippen molar-refractivity contribution < 1.29 is 19.2 Å². The lowest BCUT2D eigenvalue weighted by Gasteiger charge is -2.14. The van der Waals surface area contributed by atoms with Crippen molar-refractivity contribution in [1.82, 2.24) is 9.78 Å². The first-order valence-corrected chi connectivity index (χ1v) is 8.86. The van der Waals surface area contributed by atoms with Crippen LogP contribution >= 0.6 is 11.6 Å². The molecule has 0 spiro atoms. The molecule has 150 valence electrons. The number of nitro groups is 1. The number of carbonyl (C=O) groups is 1. The van der Waals surface area contributed by atoms with E-state index in [0.29, 0.717) is 16.5 Å². The summed E-state index contributed by atoms with van der Waals surface area (Å²) >= 11 is 5.83. The number of aromatic nitrogens is 2. The highest BCUT2D eigenvalue weighted by molar-refractivity contribution is 6.30. The highest BCUT2D eigenvalue weighted by atomic mass is 35.5. The van der Waals surface area contributed by atoms with Gasteiger partial charge in [0.25, 0.3) is 5.69 Å². The van der Waals surface area contributed by atoms with E-state index in [4.69, 9.17) is 21.1 Å². The number of nitrogens with one attached hydrogen (secondary N) is 1. The second-order valence-corrected chi connectivity index (χ2v) is 6.47. The van der Waals surface area contributed by atoms with Crippen LogP contribution in [0.25, 0.3) is 0 Å². The third-order valence-corrected chi connectivity index (χ3v) is 4.21. The van der Waals surface area contributed by atoms with E-state index >= 15 is 0 Å². The topological polar surface area (TPSA) is 109 Å². The van der Waals surface area contributed by atoms with E-state index in [1.54, 1.807) is 31.2 Å². The molecule has 0 saturated heterocycles. The van der Waals surface area contributed by atoms with Gasteiger partial charge in [-0.1, -0.05) is 23.7 Å². The van der Waals surface area contributed by atoms with Crippen molar-refractivity contribution in [3.05, 3.63) is 70.0 Å². The molecule has 0 saturated carbocycles. The summed E-state index contributed by atoms with van der Waals surface area (Å²) in [6.07, 6.45) is 2.92. The number of halogens is 1. The first-order chi connectivity index (χ1) is 13.9. The van der Waals surface area contributed by atoms with Crippen molar-refractivity contribution in [1.29, 1.82) is 0 Å². The van der Waals surface area contributed by atoms with Gasteiger partial charge in [-0.15, -0.1) is 0 Å². The number of amides is 1. The van der Waals surface area contributed by atoms with Crippen molar-refractivity contribution in [2.45, 2.75) is 13.0 Å². The molecule has 0 radical (unpaired) electrons. The maximum absolute atomic E-state index is 12.5. The molecule has 9 nitrogen and oxygen atoms in total. The quantitative estimate of drug-likeness (QED) is 0.450. The number of ether oxygens (including phenoxy) is 2. The van der Waals surface area contributed by atoms with Crippen LogP contribution in [-0.4, -0.2) is 27.7 Å². The summed E-state index contributed by atoms with van der Waals surface area (Å²) in [4.78, 5) is 23.3. The van der Waals surface area contributed by atoms with Crippen molar-refractivity contribution in [2.24, 2.45) is 0 Å². The van der Waals surface area contributed by atoms with E-state index in [1.165, 1.54) is 42.4 Å². The van der Waals surface area contributed by atoms with Gasteiger partial charge in [0.15, 0.2) is 11.5 Å². The summed E-state index contributed by atoms with van der Waals surface area (Å²) in [7, 11) is 1.49. The first-order valence-electron chi connectivity index (χ1n) is 8.48. The first kappa shape index (κ1) is 20.2. The highest BCUT2D eigenvalue weighted by Gasteiger charge is 2.19. The van der Waals surface area contributed by atoms with Crippen molar-refractivity contribution in [3.8, 4) is 17.2 Å². The minimum absolute atomic E-state index is 0.175. The Hall–Kier alpha value is -3.59. The molecule has 1 amide bonds. The summed E-state index contributed by atoms with van der Waals surface area (Å²) in [6.45, 7) is 1.63. The average molecular weight is 417 g/mol. The molecule has 1 atom stereocenters. The Labute approximate surface area is 171 Å². The summed E-state index contributed by atoms with van der Waals surface area (Å²) in [5.41, 5.74) is -0.0262. The lowest BCUT2D eigenvalue weighted by molar-refractivity contribution is -0.384. The number of hydrogen-bond donors (Lipinski definition) is 1. The summed E-state index contributed by atoms with van der Waals surface area (Å²) in [5.74, 6) is 0.600. The maximum atomic E-state index is 12.5. The number of para-hydroxylation sites is 2. The average Bonchev–Trinajstić information content (AvgIpc) is 3.13. The second-order valence-electron chi connectivity index (χ2n) is 6.03. The van der Waals surface area contributed by atoms with Gasteiger partial charge in [0.05, 0.1) is 35.0 Å². The summed E-state index contributed by atoms with van der Waals surface area (Å²) < 4.78 is 12.4. The lowest BCUT2D eigenvalue weighted by atomic mass is 10.2. The van der Waals surface area contributed by atoms with Gasteiger partial charge in [-0.25, -0.2) is 0 Å². The molecule has 0 aliphatic rings. The third kappa shape index (κ3) is 4.82. The molecular formula is C19H17ClN4O5. The molecule has 2 aromatic carbocycles. The van der Waals surface area contributed by atoms with Gasteiger partial charge in [-0.05, 0) is 19.1 Å². The van der Waals surface area contributed by atoms with Gasteiger partial charge in [0, 0.05) is 18.3 Å². The molecule has 0 bridgehead atoms. The molecule has 1 unspecified atom stereocenters. The Morgan fingerprint density at radius 3 is 2.62 bits per heavy atom. The molecule has 29 heavy (non-hydrogen) atoms. The van der Waals surface area contributed by atoms with Crippen molar-refractivity contribution in [3.63, 3.8) is 0 Å². The fourth-order valence-electron chi connectivity index (χ4n) is 2.54. The van der Waals surface area contributed by atoms with Crippen LogP contribution in [0.1, 0.15) is 13.0 Å². The molecular weight excluding hydrogens is 400 g/mol. The van der Waals surface area contributed by atoms with Gasteiger partial charge in [0.1, 0.15) is 11.8 Å². The predicted molar refractivity (Wildman–Crippen MR) is 107 cm³/mol. The van der Waals surface area contributed by atoms with Crippen molar-refractivity contribution >= 4 is 28.9 Å². The fourth-order valence-corrected chi connectivity index (χ4v) is 2.69. The van der Waals surface area contributed by atoms with Crippen LogP contribution in [0.15, 0.2) is 54.9 Å². The molecule has 1 aromatic heterocycles. The number of methoxy groups -OCH3 is 1. The van der Waals surface area contributed by atoms with Crippen LogP contribution in [0, 0.1) is 10.1 Å². The smallest absolute Gasteiger partial charge is 0.275 e. The van der Waals surface area contributed by atoms with Crippen molar-refractivity contribution in [2.75, 3.05) is 12.4 Å². The monoisotopic (exact) mass is 416 g/mol. The van der Waals surface area contributed by atoms with Crippen LogP contribution in [0.5, 0.6) is 17.2 Å². The third-order valence-electron chi connectivity index (χ3n) is 4.01. The molecule has 1 heterocycles. The van der Waals surface area contributed by atoms with E-state index < -0.39 is 16.9 Å². The lowest BCUT2D eigenvalue weighted by Crippen LogP contribution is -2.24. The van der Waals surface area contributed by atoms with E-state index in [0.717, 1.165) is 0 Å². The van der Waals surface area contributed by atoms with Gasteiger partial charge in [0.2, 0.25) is 5.91 Å². The van der Waals surface area contributed by atoms with E-state index in [9.17, 15) is 14.9 Å². The Morgan fingerprint density at radius 2 is 2.00 bits per heavy atom. The van der Waals surface area contributed by atoms with Crippen LogP contribution in [0.2, 0.25) is 5.02 Å². The molecule has 1 N–H and O–H groups in total. The normalized spacial score (nSPS) is 11.6. The summed E-state index contributed by atoms with van der Waals surface area (Å²) in [6, 6.07) is 10.2. The Balaban J connectivity index is 1.86. The molecule has 10 heteroatoms. The number of benzene rings is 2. The maximum Gasteiger partial charge on any atom is 0.275 e. The zero-order chi connectivity index (χ0) is 21.0. The fraction of sp³-hybridized carbons (Fsp3) is 0.158. The Morgan fingerprint density at radius 1 is 1.28 bits per heavy atom. The van der Waals surface area contributed by atoms with Gasteiger partial charge in [-0.3, -0.25) is 19.6 Å². The minimum atomic E-state index is -0.680. The second kappa shape index (κ2) is 8.61. The zero-order valence-corrected chi connectivity index (χ0v) is 16.3. The molecule has 0 aliphatic heterocycles.